The number of rotatable bonds is 1. The van der Waals surface area contributed by atoms with Crippen molar-refractivity contribution in [3.63, 3.8) is 0 Å². The molecular formula is C20H32O4. The molecule has 2 N–H and O–H groups in total. The molecule has 4 heteroatoms. The molecule has 0 spiro atoms. The van der Waals surface area contributed by atoms with Crippen LogP contribution in [0.4, 0.5) is 0 Å². The molecule has 3 rings (SSSR count). The molecule has 0 aromatic heterocycles. The molecule has 3 fully saturated rings. The maximum absolute atomic E-state index is 13.2. The average molecular weight is 336 g/mol. The van der Waals surface area contributed by atoms with Crippen molar-refractivity contribution >= 4 is 5.78 Å². The summed E-state index contributed by atoms with van der Waals surface area (Å²) in [7, 11) is 0. The van der Waals surface area contributed by atoms with Gasteiger partial charge in [-0.1, -0.05) is 33.3 Å². The number of Topliss-reactive ketones (excluding diaryl/α,β-unsaturated/α-hetero) is 1. The van der Waals surface area contributed by atoms with Gasteiger partial charge in [-0.25, -0.2) is 0 Å². The first-order valence-electron chi connectivity index (χ1n) is 9.14. The molecule has 3 aliphatic rings. The zero-order chi connectivity index (χ0) is 18.1. The summed E-state index contributed by atoms with van der Waals surface area (Å²) < 4.78 is 6.30. The van der Waals surface area contributed by atoms with Gasteiger partial charge in [-0.15, -0.1) is 6.58 Å². The lowest BCUT2D eigenvalue weighted by molar-refractivity contribution is -0.304. The summed E-state index contributed by atoms with van der Waals surface area (Å²) in [6.45, 7) is 13.9. The Morgan fingerprint density at radius 2 is 1.79 bits per heavy atom. The number of carbonyl (C=O) groups excluding carboxylic acids is 1. The summed E-state index contributed by atoms with van der Waals surface area (Å²) in [5.41, 5.74) is -2.37. The van der Waals surface area contributed by atoms with E-state index in [1.165, 1.54) is 0 Å². The van der Waals surface area contributed by atoms with Gasteiger partial charge in [0.1, 0.15) is 17.5 Å². The van der Waals surface area contributed by atoms with Crippen LogP contribution in [0.1, 0.15) is 60.3 Å². The Labute approximate surface area is 145 Å². The molecule has 4 nitrogen and oxygen atoms in total. The minimum Gasteiger partial charge on any atom is -0.390 e. The third-order valence-electron chi connectivity index (χ3n) is 7.31. The highest BCUT2D eigenvalue weighted by molar-refractivity contribution is 5.85. The van der Waals surface area contributed by atoms with Gasteiger partial charge in [0.2, 0.25) is 0 Å². The lowest BCUT2D eigenvalue weighted by atomic mass is 9.42. The molecule has 24 heavy (non-hydrogen) atoms. The minimum atomic E-state index is -1.09. The Balaban J connectivity index is 2.15. The van der Waals surface area contributed by atoms with Crippen molar-refractivity contribution in [1.29, 1.82) is 0 Å². The van der Waals surface area contributed by atoms with E-state index in [1.54, 1.807) is 13.0 Å². The van der Waals surface area contributed by atoms with Crippen LogP contribution in [0.5, 0.6) is 0 Å². The highest BCUT2D eigenvalue weighted by Gasteiger charge is 2.70. The summed E-state index contributed by atoms with van der Waals surface area (Å²) in [6, 6.07) is 0. The number of aliphatic hydroxyl groups excluding tert-OH is 2. The van der Waals surface area contributed by atoms with Crippen LogP contribution in [0.3, 0.4) is 0 Å². The number of carbonyl (C=O) groups is 1. The van der Waals surface area contributed by atoms with Gasteiger partial charge in [0.25, 0.3) is 0 Å². The molecule has 0 bridgehead atoms. The van der Waals surface area contributed by atoms with Crippen molar-refractivity contribution in [1.82, 2.24) is 0 Å². The molecule has 2 aliphatic carbocycles. The predicted molar refractivity (Wildman–Crippen MR) is 92.4 cm³/mol. The van der Waals surface area contributed by atoms with Gasteiger partial charge in [-0.2, -0.15) is 0 Å². The van der Waals surface area contributed by atoms with Gasteiger partial charge in [-0.3, -0.25) is 4.79 Å². The Bertz CT molecular complexity index is 570. The van der Waals surface area contributed by atoms with Gasteiger partial charge in [0.15, 0.2) is 0 Å². The van der Waals surface area contributed by atoms with Gasteiger partial charge < -0.3 is 14.9 Å². The molecule has 136 valence electrons. The lowest BCUT2D eigenvalue weighted by Gasteiger charge is -2.66. The quantitative estimate of drug-likeness (QED) is 0.723. The highest BCUT2D eigenvalue weighted by atomic mass is 16.5. The Kier molecular flexibility index (Phi) is 3.88. The molecular weight excluding hydrogens is 304 g/mol. The molecule has 0 amide bonds. The predicted octanol–water partition coefficient (Wildman–Crippen LogP) is 2.86. The summed E-state index contributed by atoms with van der Waals surface area (Å²) in [4.78, 5) is 13.2. The average Bonchev–Trinajstić information content (AvgIpc) is 2.42. The van der Waals surface area contributed by atoms with E-state index in [0.717, 1.165) is 19.3 Å². The molecule has 1 saturated heterocycles. The van der Waals surface area contributed by atoms with E-state index < -0.39 is 29.3 Å². The summed E-state index contributed by atoms with van der Waals surface area (Å²) >= 11 is 0. The first-order valence-corrected chi connectivity index (χ1v) is 9.14. The molecule has 0 radical (unpaired) electrons. The maximum atomic E-state index is 13.2. The topological polar surface area (TPSA) is 66.8 Å². The Hall–Kier alpha value is -0.710. The van der Waals surface area contributed by atoms with E-state index in [2.05, 4.69) is 27.4 Å². The van der Waals surface area contributed by atoms with Gasteiger partial charge >= 0.3 is 0 Å². The lowest BCUT2D eigenvalue weighted by Crippen LogP contribution is -2.75. The first kappa shape index (κ1) is 18.1. The zero-order valence-corrected chi connectivity index (χ0v) is 15.6. The van der Waals surface area contributed by atoms with Crippen molar-refractivity contribution in [2.75, 3.05) is 0 Å². The second-order valence-corrected chi connectivity index (χ2v) is 9.64. The zero-order valence-electron chi connectivity index (χ0n) is 15.6. The number of ether oxygens (including phenoxy) is 1. The molecule has 0 aromatic carbocycles. The summed E-state index contributed by atoms with van der Waals surface area (Å²) in [5.74, 6) is -0.393. The molecule has 7 unspecified atom stereocenters. The Morgan fingerprint density at radius 1 is 1.17 bits per heavy atom. The normalized spacial score (nSPS) is 53.9. The number of fused-ring (bicyclic) bond motifs is 3. The van der Waals surface area contributed by atoms with Crippen molar-refractivity contribution in [2.24, 2.45) is 22.7 Å². The minimum absolute atomic E-state index is 0.117. The van der Waals surface area contributed by atoms with E-state index in [-0.39, 0.29) is 29.0 Å². The van der Waals surface area contributed by atoms with Gasteiger partial charge in [-0.05, 0) is 43.4 Å². The fourth-order valence-electron chi connectivity index (χ4n) is 6.56. The number of hydrogen-bond donors (Lipinski definition) is 2. The monoisotopic (exact) mass is 336 g/mol. The van der Waals surface area contributed by atoms with Gasteiger partial charge in [0, 0.05) is 6.42 Å². The highest BCUT2D eigenvalue weighted by Crippen LogP contribution is 2.64. The van der Waals surface area contributed by atoms with Crippen molar-refractivity contribution in [3.8, 4) is 0 Å². The molecule has 1 heterocycles. The third-order valence-corrected chi connectivity index (χ3v) is 7.31. The smallest absolute Gasteiger partial charge is 0.142 e. The number of hydrogen-bond acceptors (Lipinski definition) is 4. The molecule has 1 aliphatic heterocycles. The third kappa shape index (κ3) is 2.19. The van der Waals surface area contributed by atoms with Gasteiger partial charge in [0.05, 0.1) is 17.6 Å². The van der Waals surface area contributed by atoms with E-state index in [4.69, 9.17) is 4.74 Å². The first-order chi connectivity index (χ1) is 10.9. The Morgan fingerprint density at radius 3 is 2.38 bits per heavy atom. The van der Waals surface area contributed by atoms with E-state index in [1.807, 2.05) is 6.92 Å². The molecule has 7 atom stereocenters. The molecule has 2 saturated carbocycles. The van der Waals surface area contributed by atoms with Crippen LogP contribution >= 0.6 is 0 Å². The van der Waals surface area contributed by atoms with E-state index >= 15 is 0 Å². The van der Waals surface area contributed by atoms with Crippen LogP contribution < -0.4 is 0 Å². The molecule has 0 aromatic rings. The largest absolute Gasteiger partial charge is 0.390 e. The van der Waals surface area contributed by atoms with Crippen LogP contribution in [0.25, 0.3) is 0 Å². The SMILES string of the molecule is C=CC1(C)CC(=O)C2C3(C)CCCC(C)(C)C3C(O)C(O)C2(C)O1. The van der Waals surface area contributed by atoms with Crippen molar-refractivity contribution in [2.45, 2.75) is 83.7 Å². The number of aliphatic hydroxyl groups is 2. The van der Waals surface area contributed by atoms with E-state index in [9.17, 15) is 15.0 Å². The fourth-order valence-corrected chi connectivity index (χ4v) is 6.56. The summed E-state index contributed by atoms with van der Waals surface area (Å²) in [5, 5.41) is 22.0. The second-order valence-electron chi connectivity index (χ2n) is 9.64. The standard InChI is InChI=1S/C20H32O4/c1-7-18(4)11-12(21)14-19(5)10-8-9-17(2,3)15(19)13(22)16(23)20(14,6)24-18/h7,13-16,22-23H,1,8-11H2,2-6H3. The van der Waals surface area contributed by atoms with Crippen LogP contribution in [0.2, 0.25) is 0 Å². The number of ketones is 1. The van der Waals surface area contributed by atoms with E-state index in [0.29, 0.717) is 0 Å². The second kappa shape index (κ2) is 5.15. The summed E-state index contributed by atoms with van der Waals surface area (Å²) in [6.07, 6.45) is 2.85. The van der Waals surface area contributed by atoms with Crippen molar-refractivity contribution in [3.05, 3.63) is 12.7 Å². The maximum Gasteiger partial charge on any atom is 0.142 e. The van der Waals surface area contributed by atoms with Crippen LogP contribution in [-0.2, 0) is 9.53 Å². The van der Waals surface area contributed by atoms with Crippen molar-refractivity contribution < 1.29 is 19.7 Å². The van der Waals surface area contributed by atoms with Crippen LogP contribution in [-0.4, -0.2) is 39.4 Å². The fraction of sp³-hybridized carbons (Fsp3) is 0.850. The van der Waals surface area contributed by atoms with Crippen LogP contribution in [0, 0.1) is 22.7 Å². The van der Waals surface area contributed by atoms with Crippen LogP contribution in [0.15, 0.2) is 12.7 Å².